The van der Waals surface area contributed by atoms with Crippen LogP contribution in [0.5, 0.6) is 0 Å². The number of hydrogen-bond acceptors (Lipinski definition) is 1. The van der Waals surface area contributed by atoms with Gasteiger partial charge in [0.15, 0.2) is 0 Å². The lowest BCUT2D eigenvalue weighted by Crippen LogP contribution is -2.27. The van der Waals surface area contributed by atoms with Crippen molar-refractivity contribution in [3.05, 3.63) is 0 Å². The molecule has 1 rings (SSSR count). The van der Waals surface area contributed by atoms with Gasteiger partial charge in [-0.05, 0) is 12.8 Å². The molecule has 0 spiro atoms. The van der Waals surface area contributed by atoms with Crippen LogP contribution in [0.4, 0.5) is 0 Å². The second-order valence-corrected chi connectivity index (χ2v) is 3.55. The minimum absolute atomic E-state index is 0.711. The van der Waals surface area contributed by atoms with Gasteiger partial charge in [-0.3, -0.25) is 4.99 Å². The maximum absolute atomic E-state index is 4.28. The highest BCUT2D eigenvalue weighted by Crippen LogP contribution is 2.23. The van der Waals surface area contributed by atoms with Gasteiger partial charge in [0.1, 0.15) is 0 Å². The molecule has 0 amide bonds. The Kier molecular flexibility index (Phi) is 16.1. The predicted octanol–water partition coefficient (Wildman–Crippen LogP) is 4.26. The first-order valence-electron chi connectivity index (χ1n) is 7.03. The van der Waals surface area contributed by atoms with E-state index in [9.17, 15) is 0 Å². The van der Waals surface area contributed by atoms with Crippen LogP contribution in [0.25, 0.3) is 0 Å². The fraction of sp³-hybridized carbons (Fsp3) is 0.929. The molecule has 1 fully saturated rings. The zero-order chi connectivity index (χ0) is 12.8. The molecule has 1 saturated carbocycles. The van der Waals surface area contributed by atoms with Gasteiger partial charge >= 0.3 is 0 Å². The van der Waals surface area contributed by atoms with Crippen molar-refractivity contribution >= 4 is 5.84 Å². The summed E-state index contributed by atoms with van der Waals surface area (Å²) in [5.41, 5.74) is 0. The first kappa shape index (κ1) is 17.9. The third kappa shape index (κ3) is 7.72. The molecule has 0 radical (unpaired) electrons. The number of hydrogen-bond donors (Lipinski definition) is 1. The highest BCUT2D eigenvalue weighted by Gasteiger charge is 2.16. The van der Waals surface area contributed by atoms with Crippen molar-refractivity contribution in [2.75, 3.05) is 14.1 Å². The molecule has 0 unspecified atom stereocenters. The van der Waals surface area contributed by atoms with E-state index in [0.717, 1.165) is 0 Å². The van der Waals surface area contributed by atoms with Crippen LogP contribution in [0.3, 0.4) is 0 Å². The van der Waals surface area contributed by atoms with E-state index in [-0.39, 0.29) is 0 Å². The van der Waals surface area contributed by atoms with E-state index in [1.165, 1.54) is 44.4 Å². The van der Waals surface area contributed by atoms with Crippen molar-refractivity contribution in [1.82, 2.24) is 5.32 Å². The SMILES string of the molecule is CC.CC.CN=C(NC)C1CCCCCC1. The Bertz CT molecular complexity index is 145. The van der Waals surface area contributed by atoms with Gasteiger partial charge in [-0.25, -0.2) is 0 Å². The number of aliphatic imine (C=N–C) groups is 1. The average Bonchev–Trinajstić information content (AvgIpc) is 2.65. The molecule has 1 N–H and O–H groups in total. The van der Waals surface area contributed by atoms with E-state index in [1.807, 2.05) is 41.8 Å². The Labute approximate surface area is 103 Å². The summed E-state index contributed by atoms with van der Waals surface area (Å²) >= 11 is 0. The first-order valence-corrected chi connectivity index (χ1v) is 7.03. The standard InChI is InChI=1S/C10H20N2.2C2H6/c1-11-10(12-2)9-7-5-3-4-6-8-9;2*1-2/h9H,3-8H2,1-2H3,(H,11,12);2*1-2H3. The van der Waals surface area contributed by atoms with Crippen LogP contribution >= 0.6 is 0 Å². The Morgan fingerprint density at radius 3 is 1.69 bits per heavy atom. The number of nitrogens with one attached hydrogen (secondary N) is 1. The zero-order valence-electron chi connectivity index (χ0n) is 12.3. The molecule has 0 aromatic heterocycles. The maximum Gasteiger partial charge on any atom is 0.0988 e. The fourth-order valence-electron chi connectivity index (χ4n) is 2.05. The molecule has 16 heavy (non-hydrogen) atoms. The highest BCUT2D eigenvalue weighted by atomic mass is 15.0. The van der Waals surface area contributed by atoms with Crippen molar-refractivity contribution in [3.8, 4) is 0 Å². The van der Waals surface area contributed by atoms with Crippen LogP contribution in [-0.2, 0) is 0 Å². The van der Waals surface area contributed by atoms with E-state index >= 15 is 0 Å². The van der Waals surface area contributed by atoms with Crippen molar-refractivity contribution in [3.63, 3.8) is 0 Å². The topological polar surface area (TPSA) is 24.4 Å². The van der Waals surface area contributed by atoms with Crippen molar-refractivity contribution in [2.24, 2.45) is 10.9 Å². The molecule has 2 nitrogen and oxygen atoms in total. The van der Waals surface area contributed by atoms with Gasteiger partial charge in [-0.15, -0.1) is 0 Å². The van der Waals surface area contributed by atoms with E-state index in [1.54, 1.807) is 0 Å². The van der Waals surface area contributed by atoms with Gasteiger partial charge in [0.05, 0.1) is 5.84 Å². The summed E-state index contributed by atoms with van der Waals surface area (Å²) in [6.07, 6.45) is 8.24. The summed E-state index contributed by atoms with van der Waals surface area (Å²) in [5.74, 6) is 1.92. The van der Waals surface area contributed by atoms with Gasteiger partial charge in [-0.1, -0.05) is 53.4 Å². The van der Waals surface area contributed by atoms with Crippen LogP contribution in [0.1, 0.15) is 66.2 Å². The maximum atomic E-state index is 4.28. The lowest BCUT2D eigenvalue weighted by molar-refractivity contribution is 0.577. The second-order valence-electron chi connectivity index (χ2n) is 3.55. The molecule has 0 aromatic carbocycles. The molecule has 2 heteroatoms. The summed E-state index contributed by atoms with van der Waals surface area (Å²) in [4.78, 5) is 4.28. The largest absolute Gasteiger partial charge is 0.377 e. The molecule has 1 aliphatic rings. The average molecular weight is 228 g/mol. The van der Waals surface area contributed by atoms with Crippen LogP contribution in [0, 0.1) is 5.92 Å². The van der Waals surface area contributed by atoms with E-state index in [0.29, 0.717) is 5.92 Å². The van der Waals surface area contributed by atoms with Crippen molar-refractivity contribution in [2.45, 2.75) is 66.2 Å². The Morgan fingerprint density at radius 1 is 0.938 bits per heavy atom. The normalized spacial score (nSPS) is 17.2. The molecule has 0 bridgehead atoms. The van der Waals surface area contributed by atoms with Gasteiger partial charge in [-0.2, -0.15) is 0 Å². The van der Waals surface area contributed by atoms with Crippen LogP contribution < -0.4 is 5.32 Å². The van der Waals surface area contributed by atoms with Crippen LogP contribution in [0.2, 0.25) is 0 Å². The summed E-state index contributed by atoms with van der Waals surface area (Å²) in [5, 5.41) is 3.20. The molecule has 0 saturated heterocycles. The Morgan fingerprint density at radius 2 is 1.38 bits per heavy atom. The number of rotatable bonds is 1. The van der Waals surface area contributed by atoms with Crippen LogP contribution in [-0.4, -0.2) is 19.9 Å². The molecule has 0 aromatic rings. The summed E-state index contributed by atoms with van der Waals surface area (Å²) < 4.78 is 0. The van der Waals surface area contributed by atoms with E-state index in [2.05, 4.69) is 10.3 Å². The monoisotopic (exact) mass is 228 g/mol. The fourth-order valence-corrected chi connectivity index (χ4v) is 2.05. The second kappa shape index (κ2) is 14.5. The summed E-state index contributed by atoms with van der Waals surface area (Å²) in [7, 11) is 3.87. The first-order chi connectivity index (χ1) is 7.88. The zero-order valence-corrected chi connectivity index (χ0v) is 12.3. The molecule has 0 heterocycles. The van der Waals surface area contributed by atoms with Gasteiger partial charge in [0.2, 0.25) is 0 Å². The number of nitrogens with zero attached hydrogens (tertiary/aromatic N) is 1. The summed E-state index contributed by atoms with van der Waals surface area (Å²) in [6, 6.07) is 0. The Hall–Kier alpha value is -0.530. The molecule has 0 atom stereocenters. The van der Waals surface area contributed by atoms with Gasteiger partial charge < -0.3 is 5.32 Å². The van der Waals surface area contributed by atoms with E-state index in [4.69, 9.17) is 0 Å². The van der Waals surface area contributed by atoms with Gasteiger partial charge in [0.25, 0.3) is 0 Å². The van der Waals surface area contributed by atoms with Gasteiger partial charge in [0, 0.05) is 20.0 Å². The third-order valence-electron chi connectivity index (χ3n) is 2.74. The molecular weight excluding hydrogens is 196 g/mol. The smallest absolute Gasteiger partial charge is 0.0988 e. The lowest BCUT2D eigenvalue weighted by Gasteiger charge is -2.15. The molecule has 0 aliphatic heterocycles. The van der Waals surface area contributed by atoms with Crippen LogP contribution in [0.15, 0.2) is 4.99 Å². The molecular formula is C14H32N2. The molecule has 98 valence electrons. The van der Waals surface area contributed by atoms with Crippen molar-refractivity contribution in [1.29, 1.82) is 0 Å². The lowest BCUT2D eigenvalue weighted by atomic mass is 9.99. The minimum Gasteiger partial charge on any atom is -0.377 e. The quantitative estimate of drug-likeness (QED) is 0.405. The highest BCUT2D eigenvalue weighted by molar-refractivity contribution is 5.84. The Balaban J connectivity index is 0. The predicted molar refractivity (Wildman–Crippen MR) is 76.3 cm³/mol. The minimum atomic E-state index is 0.711. The third-order valence-corrected chi connectivity index (χ3v) is 2.74. The molecule has 1 aliphatic carbocycles. The summed E-state index contributed by atoms with van der Waals surface area (Å²) in [6.45, 7) is 8.00. The van der Waals surface area contributed by atoms with Crippen molar-refractivity contribution < 1.29 is 0 Å². The van der Waals surface area contributed by atoms with E-state index < -0.39 is 0 Å². The number of amidine groups is 1.